The molecule has 3 rings (SSSR count). The highest BCUT2D eigenvalue weighted by Gasteiger charge is 2.45. The van der Waals surface area contributed by atoms with E-state index >= 15 is 0 Å². The molecular formula is C17H16O3S. The number of rotatable bonds is 3. The Bertz CT molecular complexity index is 666. The molecular weight excluding hydrogens is 284 g/mol. The van der Waals surface area contributed by atoms with Gasteiger partial charge in [0.1, 0.15) is 22.9 Å². The van der Waals surface area contributed by atoms with Crippen LogP contribution in [0.5, 0.6) is 11.5 Å². The summed E-state index contributed by atoms with van der Waals surface area (Å²) in [6.45, 7) is 0.344. The van der Waals surface area contributed by atoms with Crippen LogP contribution in [0.25, 0.3) is 0 Å². The molecule has 4 heteroatoms. The van der Waals surface area contributed by atoms with Crippen molar-refractivity contribution < 1.29 is 14.3 Å². The number of benzene rings is 2. The minimum atomic E-state index is -0.694. The van der Waals surface area contributed by atoms with Crippen molar-refractivity contribution in [2.45, 2.75) is 4.75 Å². The fourth-order valence-corrected chi connectivity index (χ4v) is 3.43. The van der Waals surface area contributed by atoms with Crippen LogP contribution >= 0.6 is 11.8 Å². The summed E-state index contributed by atoms with van der Waals surface area (Å²) in [5.41, 5.74) is 1.59. The summed E-state index contributed by atoms with van der Waals surface area (Å²) in [5.74, 6) is 1.54. The second-order valence-corrected chi connectivity index (χ2v) is 5.98. The van der Waals surface area contributed by atoms with E-state index in [-0.39, 0.29) is 5.78 Å². The summed E-state index contributed by atoms with van der Waals surface area (Å²) in [6, 6.07) is 15.0. The van der Waals surface area contributed by atoms with Crippen molar-refractivity contribution in [2.24, 2.45) is 0 Å². The van der Waals surface area contributed by atoms with Crippen LogP contribution in [-0.4, -0.2) is 25.8 Å². The Kier molecular flexibility index (Phi) is 3.64. The number of hydrogen-bond donors (Lipinski definition) is 0. The van der Waals surface area contributed by atoms with Gasteiger partial charge in [-0.2, -0.15) is 0 Å². The number of methoxy groups -OCH3 is 1. The van der Waals surface area contributed by atoms with E-state index in [2.05, 4.69) is 0 Å². The van der Waals surface area contributed by atoms with Gasteiger partial charge in [0.05, 0.1) is 12.7 Å². The Morgan fingerprint density at radius 3 is 2.52 bits per heavy atom. The molecule has 1 aliphatic heterocycles. The lowest BCUT2D eigenvalue weighted by molar-refractivity contribution is 0.0868. The van der Waals surface area contributed by atoms with Gasteiger partial charge in [0.25, 0.3) is 0 Å². The van der Waals surface area contributed by atoms with E-state index < -0.39 is 4.75 Å². The normalized spacial score (nSPS) is 20.6. The summed E-state index contributed by atoms with van der Waals surface area (Å²) in [6.07, 6.45) is 1.94. The maximum absolute atomic E-state index is 13.0. The Morgan fingerprint density at radius 2 is 1.86 bits per heavy atom. The van der Waals surface area contributed by atoms with E-state index in [4.69, 9.17) is 9.47 Å². The summed E-state index contributed by atoms with van der Waals surface area (Å²) in [5, 5.41) is 0. The van der Waals surface area contributed by atoms with E-state index in [9.17, 15) is 4.79 Å². The van der Waals surface area contributed by atoms with Crippen LogP contribution in [0.2, 0.25) is 0 Å². The van der Waals surface area contributed by atoms with E-state index in [1.54, 1.807) is 7.11 Å². The molecule has 1 atom stereocenters. The van der Waals surface area contributed by atoms with Gasteiger partial charge in [0, 0.05) is 0 Å². The summed E-state index contributed by atoms with van der Waals surface area (Å²) < 4.78 is 10.3. The number of ether oxygens (including phenoxy) is 2. The second-order valence-electron chi connectivity index (χ2n) is 4.87. The van der Waals surface area contributed by atoms with Gasteiger partial charge in [-0.25, -0.2) is 0 Å². The molecule has 0 aliphatic carbocycles. The largest absolute Gasteiger partial charge is 0.497 e. The topological polar surface area (TPSA) is 35.5 Å². The minimum Gasteiger partial charge on any atom is -0.497 e. The number of hydrogen-bond acceptors (Lipinski definition) is 4. The monoisotopic (exact) mass is 300 g/mol. The van der Waals surface area contributed by atoms with Crippen LogP contribution in [0.4, 0.5) is 0 Å². The lowest BCUT2D eigenvalue weighted by atomic mass is 9.88. The van der Waals surface area contributed by atoms with Gasteiger partial charge in [-0.05, 0) is 36.1 Å². The molecule has 108 valence electrons. The maximum atomic E-state index is 13.0. The summed E-state index contributed by atoms with van der Waals surface area (Å²) >= 11 is 1.52. The molecule has 2 aromatic rings. The van der Waals surface area contributed by atoms with Crippen molar-refractivity contribution in [3.05, 3.63) is 59.7 Å². The van der Waals surface area contributed by atoms with E-state index in [1.165, 1.54) is 11.8 Å². The first-order chi connectivity index (χ1) is 10.2. The van der Waals surface area contributed by atoms with Crippen LogP contribution in [-0.2, 0) is 4.75 Å². The molecule has 3 nitrogen and oxygen atoms in total. The van der Waals surface area contributed by atoms with Crippen molar-refractivity contribution in [2.75, 3.05) is 20.0 Å². The number of para-hydroxylation sites is 1. The first-order valence-electron chi connectivity index (χ1n) is 6.67. The van der Waals surface area contributed by atoms with Crippen LogP contribution < -0.4 is 9.47 Å². The molecule has 0 fully saturated rings. The molecule has 1 aliphatic rings. The Labute approximate surface area is 128 Å². The zero-order valence-corrected chi connectivity index (χ0v) is 12.8. The van der Waals surface area contributed by atoms with Crippen molar-refractivity contribution >= 4 is 17.5 Å². The predicted molar refractivity (Wildman–Crippen MR) is 84.5 cm³/mol. The number of fused-ring (bicyclic) bond motifs is 1. The standard InChI is InChI=1S/C17H16O3S/c1-19-13-9-7-12(8-10-13)17(21-2)11-20-15-6-4-3-5-14(15)16(17)18/h3-10H,11H2,1-2H3. The molecule has 0 saturated carbocycles. The van der Waals surface area contributed by atoms with Gasteiger partial charge in [-0.15, -0.1) is 11.8 Å². The molecule has 1 heterocycles. The average molecular weight is 300 g/mol. The summed E-state index contributed by atoms with van der Waals surface area (Å²) in [4.78, 5) is 13.0. The molecule has 0 aromatic heterocycles. The quantitative estimate of drug-likeness (QED) is 0.868. The second kappa shape index (κ2) is 5.45. The molecule has 2 aromatic carbocycles. The van der Waals surface area contributed by atoms with Gasteiger partial charge in [-0.3, -0.25) is 4.79 Å². The highest BCUT2D eigenvalue weighted by molar-refractivity contribution is 8.00. The zero-order valence-electron chi connectivity index (χ0n) is 12.0. The van der Waals surface area contributed by atoms with Gasteiger partial charge >= 0.3 is 0 Å². The Hall–Kier alpha value is -1.94. The number of Topliss-reactive ketones (excluding diaryl/α,β-unsaturated/α-hetero) is 1. The molecule has 0 radical (unpaired) electrons. The van der Waals surface area contributed by atoms with E-state index in [0.29, 0.717) is 17.9 Å². The van der Waals surface area contributed by atoms with Crippen LogP contribution in [0.15, 0.2) is 48.5 Å². The lowest BCUT2D eigenvalue weighted by Crippen LogP contribution is -2.42. The molecule has 0 N–H and O–H groups in total. The Balaban J connectivity index is 2.07. The first-order valence-corrected chi connectivity index (χ1v) is 7.90. The number of thioether (sulfide) groups is 1. The minimum absolute atomic E-state index is 0.0991. The fourth-order valence-electron chi connectivity index (χ4n) is 2.59. The van der Waals surface area contributed by atoms with Crippen molar-refractivity contribution in [3.63, 3.8) is 0 Å². The van der Waals surface area contributed by atoms with Gasteiger partial charge in [-0.1, -0.05) is 24.3 Å². The molecule has 1 unspecified atom stereocenters. The predicted octanol–water partition coefficient (Wildman–Crippen LogP) is 3.53. The SMILES string of the molecule is COc1ccc(C2(SC)COc3ccccc3C2=O)cc1. The van der Waals surface area contributed by atoms with Crippen molar-refractivity contribution in [1.29, 1.82) is 0 Å². The molecule has 0 spiro atoms. The average Bonchev–Trinajstić information content (AvgIpc) is 2.56. The third kappa shape index (κ3) is 2.20. The lowest BCUT2D eigenvalue weighted by Gasteiger charge is -2.35. The molecule has 21 heavy (non-hydrogen) atoms. The third-order valence-electron chi connectivity index (χ3n) is 3.83. The highest BCUT2D eigenvalue weighted by Crippen LogP contribution is 2.44. The molecule has 0 saturated heterocycles. The van der Waals surface area contributed by atoms with Crippen molar-refractivity contribution in [1.82, 2.24) is 0 Å². The van der Waals surface area contributed by atoms with Crippen LogP contribution in [0, 0.1) is 0 Å². The highest BCUT2D eigenvalue weighted by atomic mass is 32.2. The van der Waals surface area contributed by atoms with Gasteiger partial charge < -0.3 is 9.47 Å². The van der Waals surface area contributed by atoms with Crippen LogP contribution in [0.1, 0.15) is 15.9 Å². The molecule has 0 amide bonds. The Morgan fingerprint density at radius 1 is 1.14 bits per heavy atom. The third-order valence-corrected chi connectivity index (χ3v) is 5.07. The van der Waals surface area contributed by atoms with Gasteiger partial charge in [0.15, 0.2) is 5.78 Å². The number of ketones is 1. The number of carbonyl (C=O) groups is 1. The van der Waals surface area contributed by atoms with Gasteiger partial charge in [0.2, 0.25) is 0 Å². The number of carbonyl (C=O) groups excluding carboxylic acids is 1. The first kappa shape index (κ1) is 14.0. The maximum Gasteiger partial charge on any atom is 0.190 e. The van der Waals surface area contributed by atoms with Crippen molar-refractivity contribution in [3.8, 4) is 11.5 Å². The zero-order chi connectivity index (χ0) is 14.9. The van der Waals surface area contributed by atoms with E-state index in [0.717, 1.165) is 11.3 Å². The van der Waals surface area contributed by atoms with Crippen LogP contribution in [0.3, 0.4) is 0 Å². The molecule has 0 bridgehead atoms. The smallest absolute Gasteiger partial charge is 0.190 e. The summed E-state index contributed by atoms with van der Waals surface area (Å²) in [7, 11) is 1.63. The van der Waals surface area contributed by atoms with E-state index in [1.807, 2.05) is 54.8 Å². The fraction of sp³-hybridized carbons (Fsp3) is 0.235.